The quantitative estimate of drug-likeness (QED) is 0.0670. The molecule has 0 amide bonds. The summed E-state index contributed by atoms with van der Waals surface area (Å²) in [7, 11) is 1.44. The van der Waals surface area contributed by atoms with Crippen LogP contribution in [0.2, 0.25) is 0 Å². The first kappa shape index (κ1) is 42.5. The molecule has 0 aliphatic heterocycles. The van der Waals surface area contributed by atoms with Gasteiger partial charge in [0, 0.05) is 22.8 Å². The van der Waals surface area contributed by atoms with Crippen molar-refractivity contribution in [3.63, 3.8) is 0 Å². The first-order valence-corrected chi connectivity index (χ1v) is 17.4. The summed E-state index contributed by atoms with van der Waals surface area (Å²) in [5.74, 6) is 1.05. The van der Waals surface area contributed by atoms with Gasteiger partial charge in [0.2, 0.25) is 11.8 Å². The van der Waals surface area contributed by atoms with Crippen molar-refractivity contribution in [1.82, 2.24) is 4.98 Å². The Labute approximate surface area is 285 Å². The molecule has 1 aromatic carbocycles. The number of aromatic nitrogens is 1. The molecule has 270 valence electrons. The lowest BCUT2D eigenvalue weighted by Crippen LogP contribution is -2.18. The van der Waals surface area contributed by atoms with Crippen LogP contribution in [0.3, 0.4) is 0 Å². The van der Waals surface area contributed by atoms with Crippen LogP contribution in [0.4, 0.5) is 13.2 Å². The van der Waals surface area contributed by atoms with Crippen LogP contribution in [0, 0.1) is 5.92 Å². The molecular weight excluding hydrogens is 623 g/mol. The lowest BCUT2D eigenvalue weighted by Gasteiger charge is -2.15. The molecular formula is C38H56F3NO6. The maximum atomic E-state index is 13.2. The monoisotopic (exact) mass is 679 g/mol. The summed E-state index contributed by atoms with van der Waals surface area (Å²) in [6.45, 7) is 6.95. The second-order valence-electron chi connectivity index (χ2n) is 12.1. The molecule has 1 aromatic heterocycles. The van der Waals surface area contributed by atoms with Crippen LogP contribution in [-0.2, 0) is 16.0 Å². The fourth-order valence-electron chi connectivity index (χ4n) is 5.27. The number of ether oxygens (including phenoxy) is 3. The molecule has 0 aliphatic rings. The third-order valence-electron chi connectivity index (χ3n) is 8.19. The minimum Gasteiger partial charge on any atom is -0.483 e. The Balaban J connectivity index is 0.00000369. The summed E-state index contributed by atoms with van der Waals surface area (Å²) in [5, 5.41) is 6.89. The summed E-state index contributed by atoms with van der Waals surface area (Å²) < 4.78 is 55.3. The number of carbonyl (C=O) groups excluding carboxylic acids is 1. The molecule has 2 rings (SSSR count). The molecule has 10 heteroatoms. The Hall–Kier alpha value is -3.56. The molecule has 1 atom stereocenters. The van der Waals surface area contributed by atoms with Crippen molar-refractivity contribution in [2.45, 2.75) is 130 Å². The van der Waals surface area contributed by atoms with Gasteiger partial charge in [0.25, 0.3) is 6.47 Å². The average molecular weight is 680 g/mol. The predicted molar refractivity (Wildman–Crippen MR) is 186 cm³/mol. The van der Waals surface area contributed by atoms with Crippen LogP contribution in [0.15, 0.2) is 30.3 Å². The number of rotatable bonds is 24. The van der Waals surface area contributed by atoms with Crippen molar-refractivity contribution in [3.8, 4) is 17.5 Å². The van der Waals surface area contributed by atoms with Crippen molar-refractivity contribution in [1.29, 1.82) is 0 Å². The van der Waals surface area contributed by atoms with E-state index in [-0.39, 0.29) is 23.5 Å². The maximum absolute atomic E-state index is 13.2. The van der Waals surface area contributed by atoms with Gasteiger partial charge < -0.3 is 19.3 Å². The lowest BCUT2D eigenvalue weighted by molar-refractivity contribution is -0.274. The van der Waals surface area contributed by atoms with E-state index >= 15 is 0 Å². The standard InChI is InChI=1S/C37H54F3NO4.CH2O2/c1-5-7-16-20-30-21-23-33(34(26-30)45-37(38,39)40)32(28-42)27-31-22-24-35(41-36(31)43-4)44-25-18-15-13-11-9-8-10-12-14-17-19-29(3)6-2;2-1-3/h21-24,26-29H,5-20,25H2,1-4H3;1H,(H,2,3)/b32-27+;. The molecule has 0 bridgehead atoms. The van der Waals surface area contributed by atoms with Gasteiger partial charge in [-0.1, -0.05) is 116 Å². The van der Waals surface area contributed by atoms with Gasteiger partial charge in [0.15, 0.2) is 6.29 Å². The molecule has 48 heavy (non-hydrogen) atoms. The van der Waals surface area contributed by atoms with E-state index in [0.29, 0.717) is 30.8 Å². The largest absolute Gasteiger partial charge is 0.573 e. The number of nitrogens with zero attached hydrogens (tertiary/aromatic N) is 1. The predicted octanol–water partition coefficient (Wildman–Crippen LogP) is 10.9. The molecule has 0 spiro atoms. The highest BCUT2D eigenvalue weighted by Crippen LogP contribution is 2.34. The van der Waals surface area contributed by atoms with Gasteiger partial charge >= 0.3 is 6.36 Å². The van der Waals surface area contributed by atoms with E-state index in [9.17, 15) is 18.0 Å². The molecule has 1 unspecified atom stereocenters. The lowest BCUT2D eigenvalue weighted by atomic mass is 9.99. The SMILES string of the molecule is CCCCCc1ccc(/C(C=O)=C/c2ccc(OCCCCCCCCCCCCC(C)CC)nc2OC)c(OC(F)(F)F)c1.O=CO. The van der Waals surface area contributed by atoms with Gasteiger partial charge in [-0.3, -0.25) is 9.59 Å². The van der Waals surface area contributed by atoms with Gasteiger partial charge in [-0.2, -0.15) is 4.98 Å². The smallest absolute Gasteiger partial charge is 0.483 e. The molecule has 0 saturated heterocycles. The van der Waals surface area contributed by atoms with E-state index in [4.69, 9.17) is 19.4 Å². The highest BCUT2D eigenvalue weighted by atomic mass is 19.4. The number of carbonyl (C=O) groups is 2. The van der Waals surface area contributed by atoms with Crippen molar-refractivity contribution in [3.05, 3.63) is 47.0 Å². The van der Waals surface area contributed by atoms with Gasteiger partial charge in [-0.05, 0) is 49.0 Å². The summed E-state index contributed by atoms with van der Waals surface area (Å²) >= 11 is 0. The molecule has 0 fully saturated rings. The fourth-order valence-corrected chi connectivity index (χ4v) is 5.27. The maximum Gasteiger partial charge on any atom is 0.573 e. The highest BCUT2D eigenvalue weighted by molar-refractivity contribution is 6.14. The summed E-state index contributed by atoms with van der Waals surface area (Å²) in [4.78, 5) is 24.8. The second kappa shape index (κ2) is 25.5. The van der Waals surface area contributed by atoms with Crippen molar-refractivity contribution in [2.24, 2.45) is 5.92 Å². The van der Waals surface area contributed by atoms with Gasteiger partial charge in [0.1, 0.15) is 5.75 Å². The number of benzene rings is 1. The Morgan fingerprint density at radius 3 is 2.08 bits per heavy atom. The summed E-state index contributed by atoms with van der Waals surface area (Å²) in [5.41, 5.74) is 1.22. The zero-order valence-electron chi connectivity index (χ0n) is 29.3. The average Bonchev–Trinajstić information content (AvgIpc) is 3.06. The van der Waals surface area contributed by atoms with Gasteiger partial charge in [0.05, 0.1) is 13.7 Å². The molecule has 0 aliphatic carbocycles. The Bertz CT molecular complexity index is 1200. The number of methoxy groups -OCH3 is 1. The minimum atomic E-state index is -4.89. The van der Waals surface area contributed by atoms with Crippen LogP contribution in [0.1, 0.15) is 134 Å². The first-order valence-electron chi connectivity index (χ1n) is 17.4. The molecule has 1 N–H and O–H groups in total. The number of aryl methyl sites for hydroxylation is 1. The minimum absolute atomic E-state index is 0.0183. The van der Waals surface area contributed by atoms with Crippen LogP contribution in [-0.4, -0.2) is 42.9 Å². The summed E-state index contributed by atoms with van der Waals surface area (Å²) in [6, 6.07) is 7.94. The third-order valence-corrected chi connectivity index (χ3v) is 8.19. The molecule has 2 aromatic rings. The highest BCUT2D eigenvalue weighted by Gasteiger charge is 2.32. The number of carboxylic acid groups (broad SMARTS) is 1. The second-order valence-corrected chi connectivity index (χ2v) is 12.1. The Morgan fingerprint density at radius 1 is 0.896 bits per heavy atom. The van der Waals surface area contributed by atoms with E-state index < -0.39 is 12.1 Å². The molecule has 1 heterocycles. The zero-order chi connectivity index (χ0) is 35.6. The van der Waals surface area contributed by atoms with Crippen LogP contribution >= 0.6 is 0 Å². The number of halogens is 3. The van der Waals surface area contributed by atoms with Crippen LogP contribution < -0.4 is 14.2 Å². The molecule has 0 radical (unpaired) electrons. The van der Waals surface area contributed by atoms with E-state index in [1.165, 1.54) is 89.5 Å². The normalized spacial score (nSPS) is 12.1. The Kier molecular flexibility index (Phi) is 22.5. The number of hydrogen-bond acceptors (Lipinski definition) is 6. The van der Waals surface area contributed by atoms with Gasteiger partial charge in [-0.15, -0.1) is 13.2 Å². The zero-order valence-corrected chi connectivity index (χ0v) is 29.3. The number of pyridine rings is 1. The Morgan fingerprint density at radius 2 is 1.52 bits per heavy atom. The van der Waals surface area contributed by atoms with E-state index in [2.05, 4.69) is 30.5 Å². The topological polar surface area (TPSA) is 95.0 Å². The number of hydrogen-bond donors (Lipinski definition) is 1. The first-order chi connectivity index (χ1) is 23.1. The number of allylic oxidation sites excluding steroid dienone is 1. The molecule has 7 nitrogen and oxygen atoms in total. The number of unbranched alkanes of at least 4 members (excludes halogenated alkanes) is 11. The van der Waals surface area contributed by atoms with E-state index in [0.717, 1.165) is 43.6 Å². The molecule has 0 saturated carbocycles. The van der Waals surface area contributed by atoms with Crippen molar-refractivity contribution < 1.29 is 42.1 Å². The number of alkyl halides is 3. The van der Waals surface area contributed by atoms with Crippen molar-refractivity contribution in [2.75, 3.05) is 13.7 Å². The number of aldehydes is 1. The van der Waals surface area contributed by atoms with Crippen LogP contribution in [0.5, 0.6) is 17.5 Å². The van der Waals surface area contributed by atoms with Crippen molar-refractivity contribution >= 4 is 24.4 Å². The van der Waals surface area contributed by atoms with E-state index in [1.807, 2.05) is 0 Å². The van der Waals surface area contributed by atoms with Crippen LogP contribution in [0.25, 0.3) is 11.6 Å². The summed E-state index contributed by atoms with van der Waals surface area (Å²) in [6.07, 6.45) is 15.6. The van der Waals surface area contributed by atoms with Gasteiger partial charge in [-0.25, -0.2) is 0 Å². The fraction of sp³-hybridized carbons (Fsp3) is 0.605. The van der Waals surface area contributed by atoms with E-state index in [1.54, 1.807) is 18.2 Å². The third kappa shape index (κ3) is 18.7.